The normalized spacial score (nSPS) is 20.2. The van der Waals surface area contributed by atoms with Crippen molar-refractivity contribution in [2.24, 2.45) is 10.8 Å². The van der Waals surface area contributed by atoms with Crippen LogP contribution in [-0.2, 0) is 9.47 Å². The Kier molecular flexibility index (Phi) is 5.46. The Bertz CT molecular complexity index is 379. The van der Waals surface area contributed by atoms with Crippen LogP contribution in [0.4, 0.5) is 0 Å². The summed E-state index contributed by atoms with van der Waals surface area (Å²) in [6.45, 7) is 17.8. The Hall–Kier alpha value is -0.640. The average molecular weight is 296 g/mol. The third-order valence-electron chi connectivity index (χ3n) is 3.70. The molecule has 0 aromatic rings. The van der Waals surface area contributed by atoms with Crippen LogP contribution in [0.1, 0.15) is 55.4 Å². The highest BCUT2D eigenvalue weighted by Gasteiger charge is 2.50. The van der Waals surface area contributed by atoms with Crippen molar-refractivity contribution in [2.75, 3.05) is 13.2 Å². The fraction of sp³-hybridized carbons (Fsp3) is 0.778. The van der Waals surface area contributed by atoms with Crippen LogP contribution in [0.2, 0.25) is 0 Å². The van der Waals surface area contributed by atoms with Gasteiger partial charge in [0, 0.05) is 13.2 Å². The van der Waals surface area contributed by atoms with Crippen LogP contribution in [0.25, 0.3) is 0 Å². The van der Waals surface area contributed by atoms with Gasteiger partial charge in [-0.1, -0.05) is 41.5 Å². The minimum Gasteiger partial charge on any atom is -0.385 e. The van der Waals surface area contributed by atoms with Gasteiger partial charge in [-0.3, -0.25) is 0 Å². The Morgan fingerprint density at radius 2 is 1.24 bits per heavy atom. The number of ether oxygens (including phenoxy) is 2. The summed E-state index contributed by atoms with van der Waals surface area (Å²) < 4.78 is 12.3. The van der Waals surface area contributed by atoms with Gasteiger partial charge >= 0.3 is 0 Å². The average Bonchev–Trinajstić information content (AvgIpc) is 2.29. The van der Waals surface area contributed by atoms with Crippen molar-refractivity contribution < 1.29 is 14.6 Å². The topological polar surface area (TPSA) is 38.7 Å². The highest BCUT2D eigenvalue weighted by Crippen LogP contribution is 2.49. The molecule has 0 amide bonds. The van der Waals surface area contributed by atoms with Crippen LogP contribution >= 0.6 is 0 Å². The highest BCUT2D eigenvalue weighted by atomic mass is 16.7. The lowest BCUT2D eigenvalue weighted by Gasteiger charge is -2.48. The lowest BCUT2D eigenvalue weighted by Crippen LogP contribution is -2.50. The molecule has 0 aliphatic heterocycles. The quantitative estimate of drug-likeness (QED) is 0.627. The van der Waals surface area contributed by atoms with E-state index in [2.05, 4.69) is 41.5 Å². The molecule has 0 radical (unpaired) electrons. The number of hydrogen-bond acceptors (Lipinski definition) is 3. The van der Waals surface area contributed by atoms with Crippen molar-refractivity contribution in [3.05, 3.63) is 23.3 Å². The van der Waals surface area contributed by atoms with E-state index in [0.717, 1.165) is 11.1 Å². The van der Waals surface area contributed by atoms with Crippen LogP contribution in [0, 0.1) is 10.8 Å². The number of rotatable bonds is 4. The molecule has 1 aliphatic rings. The molecule has 21 heavy (non-hydrogen) atoms. The second-order valence-corrected chi connectivity index (χ2v) is 7.63. The second-order valence-electron chi connectivity index (χ2n) is 7.63. The molecular formula is C18H32O3. The van der Waals surface area contributed by atoms with E-state index < -0.39 is 11.9 Å². The smallest absolute Gasteiger partial charge is 0.215 e. The molecule has 1 rings (SSSR count). The maximum Gasteiger partial charge on any atom is 0.215 e. The van der Waals surface area contributed by atoms with Crippen molar-refractivity contribution in [1.29, 1.82) is 0 Å². The third-order valence-corrected chi connectivity index (χ3v) is 3.70. The van der Waals surface area contributed by atoms with Crippen LogP contribution in [0.3, 0.4) is 0 Å². The maximum absolute atomic E-state index is 10.3. The molecule has 0 saturated heterocycles. The van der Waals surface area contributed by atoms with Gasteiger partial charge in [0.1, 0.15) is 0 Å². The Morgan fingerprint density at radius 3 is 1.48 bits per heavy atom. The Morgan fingerprint density at radius 1 is 0.905 bits per heavy atom. The molecule has 0 heterocycles. The Labute approximate surface area is 130 Å². The fourth-order valence-corrected chi connectivity index (χ4v) is 3.00. The summed E-state index contributed by atoms with van der Waals surface area (Å²) >= 11 is 0. The lowest BCUT2D eigenvalue weighted by molar-refractivity contribution is -0.197. The first-order valence-electron chi connectivity index (χ1n) is 7.90. The molecule has 0 aromatic heterocycles. The van der Waals surface area contributed by atoms with E-state index >= 15 is 0 Å². The van der Waals surface area contributed by atoms with Gasteiger partial charge in [0.15, 0.2) is 0 Å². The van der Waals surface area contributed by atoms with E-state index in [1.54, 1.807) is 0 Å². The summed E-state index contributed by atoms with van der Waals surface area (Å²) in [7, 11) is 0. The maximum atomic E-state index is 10.3. The summed E-state index contributed by atoms with van der Waals surface area (Å²) in [5.74, 6) is -0.876. The van der Waals surface area contributed by atoms with Gasteiger partial charge in [-0.25, -0.2) is 0 Å². The summed E-state index contributed by atoms with van der Waals surface area (Å²) in [5, 5.41) is 10.3. The summed E-state index contributed by atoms with van der Waals surface area (Å²) in [6.07, 6.45) is 3.16. The van der Waals surface area contributed by atoms with E-state index in [1.807, 2.05) is 26.0 Å². The second kappa shape index (κ2) is 6.23. The lowest BCUT2D eigenvalue weighted by atomic mass is 9.69. The number of aliphatic hydroxyl groups excluding tert-OH is 1. The van der Waals surface area contributed by atoms with Crippen molar-refractivity contribution in [1.82, 2.24) is 0 Å². The first-order valence-corrected chi connectivity index (χ1v) is 7.90. The zero-order valence-corrected chi connectivity index (χ0v) is 14.9. The largest absolute Gasteiger partial charge is 0.385 e. The van der Waals surface area contributed by atoms with Crippen molar-refractivity contribution >= 4 is 0 Å². The summed E-state index contributed by atoms with van der Waals surface area (Å²) in [4.78, 5) is 0. The minimum absolute atomic E-state index is 0.157. The minimum atomic E-state index is -0.876. The van der Waals surface area contributed by atoms with Gasteiger partial charge < -0.3 is 14.6 Å². The Balaban J connectivity index is 3.55. The third kappa shape index (κ3) is 3.77. The first kappa shape index (κ1) is 18.4. The van der Waals surface area contributed by atoms with Crippen LogP contribution < -0.4 is 0 Å². The molecule has 0 saturated carbocycles. The predicted octanol–water partition coefficient (Wildman–Crippen LogP) is 4.08. The van der Waals surface area contributed by atoms with Crippen LogP contribution in [0.5, 0.6) is 0 Å². The van der Waals surface area contributed by atoms with Crippen molar-refractivity contribution in [2.45, 2.75) is 67.3 Å². The SMILES string of the molecule is CCOC1(OCC)C(C(C)(C)C)=CC(O)C=C1C(C)(C)C. The van der Waals surface area contributed by atoms with Gasteiger partial charge in [0.2, 0.25) is 5.79 Å². The number of hydrogen-bond donors (Lipinski definition) is 1. The van der Waals surface area contributed by atoms with E-state index in [-0.39, 0.29) is 10.8 Å². The van der Waals surface area contributed by atoms with E-state index in [1.165, 1.54) is 0 Å². The van der Waals surface area contributed by atoms with Gasteiger partial charge in [0.25, 0.3) is 0 Å². The zero-order valence-electron chi connectivity index (χ0n) is 14.9. The van der Waals surface area contributed by atoms with Gasteiger partial charge in [-0.15, -0.1) is 0 Å². The standard InChI is InChI=1S/C18H32O3/c1-9-20-18(21-10-2)14(16(3,4)5)11-13(19)12-15(18)17(6,7)8/h11-13,19H,9-10H2,1-8H3. The molecule has 3 nitrogen and oxygen atoms in total. The molecule has 0 aromatic carbocycles. The van der Waals surface area contributed by atoms with Crippen molar-refractivity contribution in [3.8, 4) is 0 Å². The molecule has 0 atom stereocenters. The molecule has 0 bridgehead atoms. The molecule has 1 N–H and O–H groups in total. The van der Waals surface area contributed by atoms with Gasteiger partial charge in [-0.05, 0) is 48.0 Å². The van der Waals surface area contributed by atoms with Gasteiger partial charge in [0.05, 0.1) is 6.10 Å². The monoisotopic (exact) mass is 296 g/mol. The van der Waals surface area contributed by atoms with E-state index in [4.69, 9.17) is 9.47 Å². The molecule has 3 heteroatoms. The van der Waals surface area contributed by atoms with Crippen LogP contribution in [-0.4, -0.2) is 30.2 Å². The molecule has 0 spiro atoms. The molecule has 0 fully saturated rings. The fourth-order valence-electron chi connectivity index (χ4n) is 3.00. The van der Waals surface area contributed by atoms with E-state index in [9.17, 15) is 5.11 Å². The molecule has 1 aliphatic carbocycles. The molecular weight excluding hydrogens is 264 g/mol. The molecule has 122 valence electrons. The van der Waals surface area contributed by atoms with Gasteiger partial charge in [-0.2, -0.15) is 0 Å². The summed E-state index contributed by atoms with van der Waals surface area (Å²) in [6, 6.07) is 0. The zero-order chi connectivity index (χ0) is 16.5. The molecule has 0 unspecified atom stereocenters. The first-order chi connectivity index (χ1) is 9.49. The summed E-state index contributed by atoms with van der Waals surface area (Å²) in [5.41, 5.74) is 1.68. The van der Waals surface area contributed by atoms with Crippen molar-refractivity contribution in [3.63, 3.8) is 0 Å². The predicted molar refractivity (Wildman–Crippen MR) is 87.1 cm³/mol. The number of aliphatic hydroxyl groups is 1. The highest BCUT2D eigenvalue weighted by molar-refractivity contribution is 5.42. The van der Waals surface area contributed by atoms with Crippen LogP contribution in [0.15, 0.2) is 23.3 Å². The van der Waals surface area contributed by atoms with E-state index in [0.29, 0.717) is 13.2 Å².